The molecule has 5 heteroatoms. The molecule has 1 aromatic carbocycles. The van der Waals surface area contributed by atoms with Gasteiger partial charge in [0.25, 0.3) is 0 Å². The second-order valence-electron chi connectivity index (χ2n) is 5.28. The summed E-state index contributed by atoms with van der Waals surface area (Å²) in [7, 11) is 2.02. The molecule has 0 spiro atoms. The summed E-state index contributed by atoms with van der Waals surface area (Å²) in [4.78, 5) is 6.82. The second kappa shape index (κ2) is 6.43. The standard InChI is InChI=1S/C16H22N4O/c1-4-7-11(2)20(3)15-10-13(16(17)19-21)12-8-5-6-9-14(12)18-15/h5-6,8-11,21H,4,7H2,1-3H3,(H2,17,19). The molecule has 0 radical (unpaired) electrons. The first-order valence-corrected chi connectivity index (χ1v) is 7.19. The van der Waals surface area contributed by atoms with E-state index in [1.807, 2.05) is 37.4 Å². The van der Waals surface area contributed by atoms with Crippen LogP contribution in [-0.2, 0) is 0 Å². The smallest absolute Gasteiger partial charge is 0.170 e. The highest BCUT2D eigenvalue weighted by molar-refractivity contribution is 6.08. The summed E-state index contributed by atoms with van der Waals surface area (Å²) in [5, 5.41) is 13.0. The highest BCUT2D eigenvalue weighted by Gasteiger charge is 2.15. The first kappa shape index (κ1) is 15.1. The van der Waals surface area contributed by atoms with Crippen LogP contribution in [0.3, 0.4) is 0 Å². The monoisotopic (exact) mass is 286 g/mol. The quantitative estimate of drug-likeness (QED) is 0.383. The van der Waals surface area contributed by atoms with Gasteiger partial charge in [-0.3, -0.25) is 0 Å². The van der Waals surface area contributed by atoms with Gasteiger partial charge in [-0.05, 0) is 25.5 Å². The lowest BCUT2D eigenvalue weighted by atomic mass is 10.1. The summed E-state index contributed by atoms with van der Waals surface area (Å²) < 4.78 is 0. The number of para-hydroxylation sites is 1. The van der Waals surface area contributed by atoms with E-state index in [2.05, 4.69) is 28.9 Å². The molecule has 0 aliphatic carbocycles. The van der Waals surface area contributed by atoms with E-state index in [9.17, 15) is 0 Å². The number of aromatic nitrogens is 1. The van der Waals surface area contributed by atoms with Crippen LogP contribution in [0.4, 0.5) is 5.82 Å². The molecule has 112 valence electrons. The molecule has 1 atom stereocenters. The molecule has 0 saturated carbocycles. The Balaban J connectivity index is 2.56. The lowest BCUT2D eigenvalue weighted by Crippen LogP contribution is -2.29. The fraction of sp³-hybridized carbons (Fsp3) is 0.375. The van der Waals surface area contributed by atoms with Crippen LogP contribution in [0.1, 0.15) is 32.3 Å². The first-order valence-electron chi connectivity index (χ1n) is 7.19. The average molecular weight is 286 g/mol. The van der Waals surface area contributed by atoms with Crippen LogP contribution in [0.15, 0.2) is 35.5 Å². The second-order valence-corrected chi connectivity index (χ2v) is 5.28. The van der Waals surface area contributed by atoms with Crippen LogP contribution in [0.2, 0.25) is 0 Å². The maximum absolute atomic E-state index is 9.00. The summed E-state index contributed by atoms with van der Waals surface area (Å²) in [6, 6.07) is 9.97. The number of benzene rings is 1. The zero-order valence-corrected chi connectivity index (χ0v) is 12.7. The Bertz CT molecular complexity index is 654. The Morgan fingerprint density at radius 2 is 2.14 bits per heavy atom. The summed E-state index contributed by atoms with van der Waals surface area (Å²) in [6.45, 7) is 4.34. The zero-order valence-electron chi connectivity index (χ0n) is 12.7. The summed E-state index contributed by atoms with van der Waals surface area (Å²) >= 11 is 0. The van der Waals surface area contributed by atoms with Crippen LogP contribution in [-0.4, -0.2) is 29.1 Å². The molecule has 0 aliphatic rings. The molecule has 5 nitrogen and oxygen atoms in total. The fourth-order valence-electron chi connectivity index (χ4n) is 2.45. The van der Waals surface area contributed by atoms with Gasteiger partial charge in [-0.25, -0.2) is 4.98 Å². The third-order valence-electron chi connectivity index (χ3n) is 3.82. The van der Waals surface area contributed by atoms with Crippen LogP contribution < -0.4 is 10.6 Å². The topological polar surface area (TPSA) is 74.7 Å². The number of oxime groups is 1. The molecule has 3 N–H and O–H groups in total. The minimum Gasteiger partial charge on any atom is -0.409 e. The van der Waals surface area contributed by atoms with Crippen molar-refractivity contribution < 1.29 is 5.21 Å². The number of nitrogens with two attached hydrogens (primary N) is 1. The molecule has 2 aromatic rings. The molecule has 21 heavy (non-hydrogen) atoms. The van der Waals surface area contributed by atoms with Crippen molar-refractivity contribution in [3.05, 3.63) is 35.9 Å². The Hall–Kier alpha value is -2.30. The zero-order chi connectivity index (χ0) is 15.4. The molecule has 0 amide bonds. The fourth-order valence-corrected chi connectivity index (χ4v) is 2.45. The van der Waals surface area contributed by atoms with Crippen molar-refractivity contribution in [2.24, 2.45) is 10.9 Å². The Labute approximate surface area is 125 Å². The summed E-state index contributed by atoms with van der Waals surface area (Å²) in [5.74, 6) is 0.933. The van der Waals surface area contributed by atoms with Crippen molar-refractivity contribution in [2.75, 3.05) is 11.9 Å². The van der Waals surface area contributed by atoms with Crippen LogP contribution in [0.5, 0.6) is 0 Å². The number of fused-ring (bicyclic) bond motifs is 1. The molecule has 1 unspecified atom stereocenters. The van der Waals surface area contributed by atoms with E-state index in [0.29, 0.717) is 11.6 Å². The highest BCUT2D eigenvalue weighted by atomic mass is 16.4. The average Bonchev–Trinajstić information content (AvgIpc) is 2.52. The third kappa shape index (κ3) is 3.07. The molecule has 1 aromatic heterocycles. The van der Waals surface area contributed by atoms with Gasteiger partial charge in [0.1, 0.15) is 5.82 Å². The predicted octanol–water partition coefficient (Wildman–Crippen LogP) is 2.95. The van der Waals surface area contributed by atoms with Crippen molar-refractivity contribution in [3.63, 3.8) is 0 Å². The number of hydrogen-bond acceptors (Lipinski definition) is 4. The van der Waals surface area contributed by atoms with Gasteiger partial charge < -0.3 is 15.8 Å². The first-order chi connectivity index (χ1) is 10.1. The normalized spacial score (nSPS) is 13.4. The van der Waals surface area contributed by atoms with E-state index in [0.717, 1.165) is 29.6 Å². The van der Waals surface area contributed by atoms with Crippen LogP contribution in [0, 0.1) is 0 Å². The number of rotatable bonds is 5. The number of anilines is 1. The number of nitrogens with zero attached hydrogens (tertiary/aromatic N) is 3. The van der Waals surface area contributed by atoms with Crippen molar-refractivity contribution in [3.8, 4) is 0 Å². The van der Waals surface area contributed by atoms with Crippen molar-refractivity contribution in [1.29, 1.82) is 0 Å². The number of pyridine rings is 1. The number of hydrogen-bond donors (Lipinski definition) is 2. The largest absolute Gasteiger partial charge is 0.409 e. The third-order valence-corrected chi connectivity index (χ3v) is 3.82. The van der Waals surface area contributed by atoms with E-state index in [4.69, 9.17) is 10.9 Å². The van der Waals surface area contributed by atoms with Crippen LogP contribution in [0.25, 0.3) is 10.9 Å². The lowest BCUT2D eigenvalue weighted by Gasteiger charge is -2.26. The van der Waals surface area contributed by atoms with Gasteiger partial charge in [-0.15, -0.1) is 0 Å². The lowest BCUT2D eigenvalue weighted by molar-refractivity contribution is 0.318. The molecule has 1 heterocycles. The molecule has 0 saturated heterocycles. The maximum Gasteiger partial charge on any atom is 0.170 e. The molecule has 0 aliphatic heterocycles. The van der Waals surface area contributed by atoms with Crippen LogP contribution >= 0.6 is 0 Å². The minimum atomic E-state index is 0.103. The Kier molecular flexibility index (Phi) is 4.62. The molecular formula is C16H22N4O. The van der Waals surface area contributed by atoms with Gasteiger partial charge >= 0.3 is 0 Å². The molecule has 0 fully saturated rings. The van der Waals surface area contributed by atoms with Gasteiger partial charge in [0.05, 0.1) is 5.52 Å². The van der Waals surface area contributed by atoms with Gasteiger partial charge in [0.15, 0.2) is 5.84 Å². The Morgan fingerprint density at radius 1 is 1.43 bits per heavy atom. The maximum atomic E-state index is 9.00. The Morgan fingerprint density at radius 3 is 2.81 bits per heavy atom. The van der Waals surface area contributed by atoms with Crippen molar-refractivity contribution in [2.45, 2.75) is 32.7 Å². The molecule has 0 bridgehead atoms. The van der Waals surface area contributed by atoms with E-state index < -0.39 is 0 Å². The molecule has 2 rings (SSSR count). The van der Waals surface area contributed by atoms with E-state index in [-0.39, 0.29) is 5.84 Å². The van der Waals surface area contributed by atoms with Gasteiger partial charge in [0.2, 0.25) is 0 Å². The molecular weight excluding hydrogens is 264 g/mol. The summed E-state index contributed by atoms with van der Waals surface area (Å²) in [6.07, 6.45) is 2.20. The van der Waals surface area contributed by atoms with Crippen molar-refractivity contribution in [1.82, 2.24) is 4.98 Å². The van der Waals surface area contributed by atoms with Gasteiger partial charge in [-0.2, -0.15) is 0 Å². The van der Waals surface area contributed by atoms with Gasteiger partial charge in [-0.1, -0.05) is 36.7 Å². The number of amidine groups is 1. The van der Waals surface area contributed by atoms with E-state index in [1.54, 1.807) is 0 Å². The minimum absolute atomic E-state index is 0.103. The van der Waals surface area contributed by atoms with E-state index in [1.165, 1.54) is 0 Å². The SMILES string of the molecule is CCCC(C)N(C)c1cc(C(N)=NO)c2ccccc2n1. The van der Waals surface area contributed by atoms with Crippen molar-refractivity contribution >= 4 is 22.6 Å². The predicted molar refractivity (Wildman–Crippen MR) is 87.0 cm³/mol. The highest BCUT2D eigenvalue weighted by Crippen LogP contribution is 2.24. The van der Waals surface area contributed by atoms with E-state index >= 15 is 0 Å². The van der Waals surface area contributed by atoms with Gasteiger partial charge in [0, 0.05) is 24.0 Å². The summed E-state index contributed by atoms with van der Waals surface area (Å²) in [5.41, 5.74) is 7.36.